The Morgan fingerprint density at radius 1 is 1.10 bits per heavy atom. The van der Waals surface area contributed by atoms with Gasteiger partial charge in [0.2, 0.25) is 0 Å². The largest absolute Gasteiger partial charge is 0.148 e. The zero-order chi connectivity index (χ0) is 22.5. The van der Waals surface area contributed by atoms with E-state index in [-0.39, 0.29) is 0 Å². The number of rotatable bonds is 6. The molecule has 0 N–H and O–H groups in total. The molecular weight excluding hydrogens is 392 g/mol. The van der Waals surface area contributed by atoms with Gasteiger partial charge in [-0.05, 0) is 83.9 Å². The van der Waals surface area contributed by atoms with Gasteiger partial charge in [0, 0.05) is 5.92 Å². The number of allylic oxidation sites excluding steroid dienone is 8. The van der Waals surface area contributed by atoms with Crippen LogP contribution in [0, 0.1) is 6.92 Å². The molecule has 1 heteroatoms. The van der Waals surface area contributed by atoms with Gasteiger partial charge in [-0.25, -0.2) is 0 Å². The molecule has 0 bridgehead atoms. The number of aryl methyl sites for hydroxylation is 1. The van der Waals surface area contributed by atoms with E-state index >= 15 is 0 Å². The Hall–Kier alpha value is -2.51. The first-order valence-corrected chi connectivity index (χ1v) is 11.5. The lowest BCUT2D eigenvalue weighted by molar-refractivity contribution is 0.806. The highest BCUT2D eigenvalue weighted by Crippen LogP contribution is 2.44. The molecule has 31 heavy (non-hydrogen) atoms. The fraction of sp³-hybridized carbons (Fsp3) is 0.267. The molecule has 0 aromatic heterocycles. The normalized spacial score (nSPS) is 18.0. The molecular formula is C30H34S. The third-order valence-electron chi connectivity index (χ3n) is 6.14. The molecule has 0 nitrogen and oxygen atoms in total. The van der Waals surface area contributed by atoms with E-state index in [0.29, 0.717) is 5.92 Å². The van der Waals surface area contributed by atoms with Crippen LogP contribution in [-0.2, 0) is 0 Å². The maximum atomic E-state index is 4.67. The second-order valence-electron chi connectivity index (χ2n) is 8.70. The first-order chi connectivity index (χ1) is 14.8. The average Bonchev–Trinajstić information content (AvgIpc) is 2.74. The molecule has 0 saturated heterocycles. The van der Waals surface area contributed by atoms with Gasteiger partial charge in [0.05, 0.1) is 0 Å². The van der Waals surface area contributed by atoms with Gasteiger partial charge in [0.1, 0.15) is 0 Å². The Balaban J connectivity index is 1.90. The van der Waals surface area contributed by atoms with Crippen molar-refractivity contribution in [2.75, 3.05) is 0 Å². The lowest BCUT2D eigenvalue weighted by Crippen LogP contribution is -2.06. The quantitative estimate of drug-likeness (QED) is 0.345. The molecule has 1 aliphatic rings. The highest BCUT2D eigenvalue weighted by Gasteiger charge is 2.23. The van der Waals surface area contributed by atoms with Gasteiger partial charge in [-0.1, -0.05) is 91.9 Å². The summed E-state index contributed by atoms with van der Waals surface area (Å²) in [7, 11) is 0. The van der Waals surface area contributed by atoms with E-state index in [9.17, 15) is 0 Å². The van der Waals surface area contributed by atoms with Gasteiger partial charge in [-0.2, -0.15) is 0 Å². The maximum Gasteiger partial charge on any atom is 0.00231 e. The molecule has 1 aliphatic carbocycles. The highest BCUT2D eigenvalue weighted by molar-refractivity contribution is 7.84. The summed E-state index contributed by atoms with van der Waals surface area (Å²) in [6.07, 6.45) is 7.50. The Morgan fingerprint density at radius 2 is 1.81 bits per heavy atom. The molecule has 2 aromatic carbocycles. The van der Waals surface area contributed by atoms with E-state index in [1.54, 1.807) is 0 Å². The monoisotopic (exact) mass is 426 g/mol. The van der Waals surface area contributed by atoms with E-state index < -0.39 is 0 Å². The van der Waals surface area contributed by atoms with E-state index in [2.05, 4.69) is 114 Å². The van der Waals surface area contributed by atoms with Crippen LogP contribution in [0.1, 0.15) is 68.2 Å². The molecule has 0 fully saturated rings. The Morgan fingerprint density at radius 3 is 2.45 bits per heavy atom. The number of hydrogen-bond acceptors (Lipinski definition) is 1. The fourth-order valence-electron chi connectivity index (χ4n) is 4.51. The summed E-state index contributed by atoms with van der Waals surface area (Å²) in [5.41, 5.74) is 11.6. The summed E-state index contributed by atoms with van der Waals surface area (Å²) in [6, 6.07) is 17.3. The molecule has 0 radical (unpaired) electrons. The van der Waals surface area contributed by atoms with Crippen LogP contribution in [0.25, 0.3) is 11.1 Å². The van der Waals surface area contributed by atoms with Crippen LogP contribution in [0.4, 0.5) is 0 Å². The minimum atomic E-state index is 0.377. The SMILES string of the molecule is C=C(C)/C=C(\CC/C=C1/C(=C)C/C(=C(/C)S)c2c(C)cccc21)C(C)c1ccccc1. The molecule has 0 amide bonds. The molecule has 0 aliphatic heterocycles. The van der Waals surface area contributed by atoms with Crippen LogP contribution in [-0.4, -0.2) is 0 Å². The van der Waals surface area contributed by atoms with Crippen molar-refractivity contribution < 1.29 is 0 Å². The van der Waals surface area contributed by atoms with Gasteiger partial charge in [-0.15, -0.1) is 12.6 Å². The van der Waals surface area contributed by atoms with Gasteiger partial charge < -0.3 is 0 Å². The van der Waals surface area contributed by atoms with Gasteiger partial charge in [-0.3, -0.25) is 0 Å². The maximum absolute atomic E-state index is 4.67. The van der Waals surface area contributed by atoms with Crippen molar-refractivity contribution in [1.29, 1.82) is 0 Å². The van der Waals surface area contributed by atoms with E-state index in [1.165, 1.54) is 44.5 Å². The van der Waals surface area contributed by atoms with Gasteiger partial charge in [0.25, 0.3) is 0 Å². The minimum absolute atomic E-state index is 0.377. The predicted octanol–water partition coefficient (Wildman–Crippen LogP) is 9.09. The van der Waals surface area contributed by atoms with E-state index in [0.717, 1.165) is 29.7 Å². The van der Waals surface area contributed by atoms with Crippen LogP contribution >= 0.6 is 12.6 Å². The first-order valence-electron chi connectivity index (χ1n) is 11.1. The smallest absolute Gasteiger partial charge is 0.00231 e. The van der Waals surface area contributed by atoms with Crippen LogP contribution < -0.4 is 0 Å². The molecule has 1 unspecified atom stereocenters. The molecule has 160 valence electrons. The van der Waals surface area contributed by atoms with Crippen molar-refractivity contribution in [2.24, 2.45) is 0 Å². The van der Waals surface area contributed by atoms with Gasteiger partial charge >= 0.3 is 0 Å². The second kappa shape index (κ2) is 10.2. The summed E-state index contributed by atoms with van der Waals surface area (Å²) in [4.78, 5) is 1.08. The van der Waals surface area contributed by atoms with E-state index in [4.69, 9.17) is 0 Å². The van der Waals surface area contributed by atoms with Gasteiger partial charge in [0.15, 0.2) is 0 Å². The second-order valence-corrected chi connectivity index (χ2v) is 9.37. The molecule has 0 saturated carbocycles. The Labute approximate surface area is 194 Å². The lowest BCUT2D eigenvalue weighted by atomic mass is 9.78. The third-order valence-corrected chi connectivity index (χ3v) is 6.41. The summed E-state index contributed by atoms with van der Waals surface area (Å²) < 4.78 is 0. The number of hydrogen-bond donors (Lipinski definition) is 1. The third kappa shape index (κ3) is 5.40. The standard InChI is InChI=1S/C30H34S/c1-20(2)18-26(23(5)25-13-8-7-9-14-25)15-11-16-27-22(4)19-29(24(6)31)30-21(3)12-10-17-28(27)30/h7-10,12-14,16-18,23,31H,1,4,11,15,19H2,2-3,5-6H3/b26-18+,27-16-,29-24+. The van der Waals surface area contributed by atoms with Crippen LogP contribution in [0.15, 0.2) is 95.5 Å². The Bertz CT molecular complexity index is 1070. The number of benzene rings is 2. The lowest BCUT2D eigenvalue weighted by Gasteiger charge is -2.27. The topological polar surface area (TPSA) is 0 Å². The van der Waals surface area contributed by atoms with E-state index in [1.807, 2.05) is 0 Å². The molecule has 0 spiro atoms. The summed E-state index contributed by atoms with van der Waals surface area (Å²) in [5.74, 6) is 0.377. The fourth-order valence-corrected chi connectivity index (χ4v) is 4.70. The molecule has 2 aromatic rings. The average molecular weight is 427 g/mol. The van der Waals surface area contributed by atoms with Crippen molar-refractivity contribution in [1.82, 2.24) is 0 Å². The van der Waals surface area contributed by atoms with Crippen molar-refractivity contribution in [3.8, 4) is 0 Å². The van der Waals surface area contributed by atoms with Crippen LogP contribution in [0.5, 0.6) is 0 Å². The predicted molar refractivity (Wildman–Crippen MR) is 141 cm³/mol. The zero-order valence-electron chi connectivity index (χ0n) is 19.3. The summed E-state index contributed by atoms with van der Waals surface area (Å²) >= 11 is 4.67. The van der Waals surface area contributed by atoms with Crippen molar-refractivity contribution in [3.63, 3.8) is 0 Å². The van der Waals surface area contributed by atoms with Crippen LogP contribution in [0.3, 0.4) is 0 Å². The molecule has 3 rings (SSSR count). The minimum Gasteiger partial charge on any atom is -0.148 e. The highest BCUT2D eigenvalue weighted by atomic mass is 32.1. The molecule has 1 atom stereocenters. The first kappa shape index (κ1) is 23.2. The summed E-state index contributed by atoms with van der Waals surface area (Å²) in [5, 5.41) is 0. The van der Waals surface area contributed by atoms with Crippen molar-refractivity contribution >= 4 is 23.8 Å². The summed E-state index contributed by atoms with van der Waals surface area (Å²) in [6.45, 7) is 17.2. The van der Waals surface area contributed by atoms with Crippen molar-refractivity contribution in [2.45, 2.75) is 52.9 Å². The number of fused-ring (bicyclic) bond motifs is 1. The van der Waals surface area contributed by atoms with Crippen LogP contribution in [0.2, 0.25) is 0 Å². The number of thiol groups is 1. The Kier molecular flexibility index (Phi) is 7.62. The molecule has 0 heterocycles. The zero-order valence-corrected chi connectivity index (χ0v) is 20.2. The van der Waals surface area contributed by atoms with Crippen molar-refractivity contribution in [3.05, 3.63) is 118 Å².